The molecule has 1 N–H and O–H groups in total. The largest absolute Gasteiger partial charge is 0.396 e. The van der Waals surface area contributed by atoms with Crippen LogP contribution in [0.1, 0.15) is 27.2 Å². The molecule has 0 heterocycles. The van der Waals surface area contributed by atoms with Gasteiger partial charge in [-0.15, -0.1) is 0 Å². The zero-order valence-electron chi connectivity index (χ0n) is 8.02. The second kappa shape index (κ2) is 2.06. The fourth-order valence-corrected chi connectivity index (χ4v) is 2.82. The second-order valence-corrected chi connectivity index (χ2v) is 4.86. The quantitative estimate of drug-likeness (QED) is 0.584. The van der Waals surface area contributed by atoms with E-state index in [2.05, 4.69) is 32.6 Å². The van der Waals surface area contributed by atoms with Crippen molar-refractivity contribution in [3.63, 3.8) is 0 Å². The molecule has 1 nitrogen and oxygen atoms in total. The van der Waals surface area contributed by atoms with Crippen LogP contribution in [0.2, 0.25) is 0 Å². The standard InChI is InChI=1S/C11H16O/c1-8-4-5-9-10(2,3)11(9,6-8)7-12/h8-9,12H,6-7H2,1-3H3. The fourth-order valence-electron chi connectivity index (χ4n) is 2.82. The van der Waals surface area contributed by atoms with Gasteiger partial charge in [0.2, 0.25) is 0 Å². The van der Waals surface area contributed by atoms with Crippen LogP contribution in [0.4, 0.5) is 0 Å². The van der Waals surface area contributed by atoms with Crippen molar-refractivity contribution < 1.29 is 5.11 Å². The van der Waals surface area contributed by atoms with Crippen LogP contribution >= 0.6 is 0 Å². The van der Waals surface area contributed by atoms with E-state index in [9.17, 15) is 5.11 Å². The molecule has 0 aromatic heterocycles. The lowest BCUT2D eigenvalue weighted by Crippen LogP contribution is -2.19. The number of hydrogen-bond donors (Lipinski definition) is 1. The van der Waals surface area contributed by atoms with Gasteiger partial charge in [-0.2, -0.15) is 0 Å². The predicted octanol–water partition coefficient (Wildman–Crippen LogP) is 1.66. The average molecular weight is 164 g/mol. The summed E-state index contributed by atoms with van der Waals surface area (Å²) >= 11 is 0. The van der Waals surface area contributed by atoms with Gasteiger partial charge in [0.15, 0.2) is 0 Å². The van der Waals surface area contributed by atoms with Crippen molar-refractivity contribution in [3.8, 4) is 11.8 Å². The van der Waals surface area contributed by atoms with E-state index < -0.39 is 0 Å². The summed E-state index contributed by atoms with van der Waals surface area (Å²) in [5, 5.41) is 9.38. The van der Waals surface area contributed by atoms with Crippen molar-refractivity contribution in [1.29, 1.82) is 0 Å². The van der Waals surface area contributed by atoms with Crippen LogP contribution in [0.5, 0.6) is 0 Å². The minimum Gasteiger partial charge on any atom is -0.396 e. The van der Waals surface area contributed by atoms with Crippen molar-refractivity contribution in [3.05, 3.63) is 0 Å². The zero-order valence-corrected chi connectivity index (χ0v) is 8.02. The molecule has 0 saturated heterocycles. The van der Waals surface area contributed by atoms with Crippen LogP contribution in [-0.2, 0) is 0 Å². The van der Waals surface area contributed by atoms with Crippen molar-refractivity contribution in [2.45, 2.75) is 27.2 Å². The molecule has 12 heavy (non-hydrogen) atoms. The maximum Gasteiger partial charge on any atom is 0.0505 e. The molecule has 3 unspecified atom stereocenters. The average Bonchev–Trinajstić information content (AvgIpc) is 2.49. The summed E-state index contributed by atoms with van der Waals surface area (Å²) in [4.78, 5) is 0. The van der Waals surface area contributed by atoms with Gasteiger partial charge in [0.05, 0.1) is 6.61 Å². The maximum absolute atomic E-state index is 9.38. The van der Waals surface area contributed by atoms with Gasteiger partial charge >= 0.3 is 0 Å². The van der Waals surface area contributed by atoms with Gasteiger partial charge in [-0.1, -0.05) is 32.6 Å². The zero-order chi connectivity index (χ0) is 8.98. The van der Waals surface area contributed by atoms with Crippen molar-refractivity contribution >= 4 is 0 Å². The van der Waals surface area contributed by atoms with Gasteiger partial charge in [-0.25, -0.2) is 0 Å². The van der Waals surface area contributed by atoms with Crippen molar-refractivity contribution in [1.82, 2.24) is 0 Å². The number of fused-ring (bicyclic) bond motifs is 1. The Hall–Kier alpha value is -0.480. The van der Waals surface area contributed by atoms with E-state index in [1.807, 2.05) is 0 Å². The van der Waals surface area contributed by atoms with Crippen LogP contribution in [-0.4, -0.2) is 11.7 Å². The molecule has 2 rings (SSSR count). The highest BCUT2D eigenvalue weighted by Gasteiger charge is 2.70. The van der Waals surface area contributed by atoms with E-state index in [-0.39, 0.29) is 10.8 Å². The molecule has 0 amide bonds. The molecule has 0 aromatic carbocycles. The first-order chi connectivity index (χ1) is 5.54. The summed E-state index contributed by atoms with van der Waals surface area (Å²) in [7, 11) is 0. The number of aliphatic hydroxyl groups is 1. The summed E-state index contributed by atoms with van der Waals surface area (Å²) in [6.07, 6.45) is 1.08. The Morgan fingerprint density at radius 1 is 1.42 bits per heavy atom. The van der Waals surface area contributed by atoms with Gasteiger partial charge in [0.1, 0.15) is 0 Å². The topological polar surface area (TPSA) is 20.2 Å². The fraction of sp³-hybridized carbons (Fsp3) is 0.818. The van der Waals surface area contributed by atoms with E-state index in [4.69, 9.17) is 0 Å². The number of rotatable bonds is 1. The lowest BCUT2D eigenvalue weighted by Gasteiger charge is -2.20. The maximum atomic E-state index is 9.38. The molecule has 66 valence electrons. The molecule has 1 saturated carbocycles. The molecule has 0 spiro atoms. The van der Waals surface area contributed by atoms with Gasteiger partial charge in [-0.05, 0) is 11.8 Å². The Kier molecular flexibility index (Phi) is 1.40. The first-order valence-electron chi connectivity index (χ1n) is 4.66. The van der Waals surface area contributed by atoms with Gasteiger partial charge in [0.25, 0.3) is 0 Å². The highest BCUT2D eigenvalue weighted by atomic mass is 16.3. The minimum atomic E-state index is 0.137. The van der Waals surface area contributed by atoms with Gasteiger partial charge < -0.3 is 5.11 Å². The molecule has 1 heteroatoms. The molecule has 2 aliphatic rings. The van der Waals surface area contributed by atoms with Crippen molar-refractivity contribution in [2.75, 3.05) is 6.61 Å². The third-order valence-electron chi connectivity index (χ3n) is 3.90. The third-order valence-corrected chi connectivity index (χ3v) is 3.90. The first kappa shape index (κ1) is 8.13. The number of aliphatic hydroxyl groups excluding tert-OH is 1. The summed E-state index contributed by atoms with van der Waals surface area (Å²) in [6, 6.07) is 0. The van der Waals surface area contributed by atoms with Crippen LogP contribution in [0.25, 0.3) is 0 Å². The van der Waals surface area contributed by atoms with E-state index in [0.717, 1.165) is 6.42 Å². The first-order valence-corrected chi connectivity index (χ1v) is 4.66. The van der Waals surface area contributed by atoms with Gasteiger partial charge in [-0.3, -0.25) is 0 Å². The van der Waals surface area contributed by atoms with E-state index in [1.54, 1.807) is 0 Å². The summed E-state index contributed by atoms with van der Waals surface area (Å²) in [5.41, 5.74) is 0.386. The monoisotopic (exact) mass is 164 g/mol. The summed E-state index contributed by atoms with van der Waals surface area (Å²) in [6.45, 7) is 6.90. The molecule has 0 aliphatic heterocycles. The summed E-state index contributed by atoms with van der Waals surface area (Å²) < 4.78 is 0. The van der Waals surface area contributed by atoms with E-state index in [0.29, 0.717) is 18.4 Å². The van der Waals surface area contributed by atoms with Crippen LogP contribution in [0.15, 0.2) is 0 Å². The summed E-state index contributed by atoms with van der Waals surface area (Å²) in [5.74, 6) is 7.42. The van der Waals surface area contributed by atoms with Gasteiger partial charge in [0, 0.05) is 17.3 Å². The molecule has 0 bridgehead atoms. The lowest BCUT2D eigenvalue weighted by atomic mass is 9.85. The van der Waals surface area contributed by atoms with Crippen LogP contribution in [0, 0.1) is 34.5 Å². The van der Waals surface area contributed by atoms with E-state index in [1.165, 1.54) is 0 Å². The van der Waals surface area contributed by atoms with E-state index >= 15 is 0 Å². The number of hydrogen-bond acceptors (Lipinski definition) is 1. The highest BCUT2D eigenvalue weighted by molar-refractivity contribution is 5.33. The molecule has 1 fully saturated rings. The molecule has 2 aliphatic carbocycles. The van der Waals surface area contributed by atoms with Crippen LogP contribution in [0.3, 0.4) is 0 Å². The SMILES string of the molecule is CC1C#CC2C(C)(C)C2(CO)C1. The lowest BCUT2D eigenvalue weighted by molar-refractivity contribution is 0.158. The smallest absolute Gasteiger partial charge is 0.0505 e. The Morgan fingerprint density at radius 3 is 2.58 bits per heavy atom. The molecular weight excluding hydrogens is 148 g/mol. The Labute approximate surface area is 74.2 Å². The molecule has 0 radical (unpaired) electrons. The minimum absolute atomic E-state index is 0.137. The van der Waals surface area contributed by atoms with Crippen LogP contribution < -0.4 is 0 Å². The van der Waals surface area contributed by atoms with Crippen molar-refractivity contribution in [2.24, 2.45) is 22.7 Å². The Morgan fingerprint density at radius 2 is 2.08 bits per heavy atom. The highest BCUT2D eigenvalue weighted by Crippen LogP contribution is 2.71. The molecule has 0 aromatic rings. The molecule has 3 atom stereocenters. The normalized spacial score (nSPS) is 47.3. The Bertz CT molecular complexity index is 268. The Balaban J connectivity index is 2.32. The third kappa shape index (κ3) is 0.696. The second-order valence-electron chi connectivity index (χ2n) is 4.86. The predicted molar refractivity (Wildman–Crippen MR) is 48.3 cm³/mol. The molecular formula is C11H16O.